The van der Waals surface area contributed by atoms with Gasteiger partial charge in [-0.25, -0.2) is 4.79 Å². The topological polar surface area (TPSA) is 26.3 Å². The summed E-state index contributed by atoms with van der Waals surface area (Å²) in [4.78, 5) is 12.2. The van der Waals surface area contributed by atoms with E-state index in [2.05, 4.69) is 20.8 Å². The van der Waals surface area contributed by atoms with Gasteiger partial charge < -0.3 is 4.74 Å². The number of ether oxygens (including phenoxy) is 1. The fraction of sp³-hybridized carbons (Fsp3) is 0.588. The Balaban J connectivity index is 2.04. The third-order valence-electron chi connectivity index (χ3n) is 4.23. The number of carbonyl (C=O) groups is 1. The van der Waals surface area contributed by atoms with Crippen LogP contribution >= 0.6 is 0 Å². The molecule has 0 unspecified atom stereocenters. The number of carbonyl (C=O) groups excluding carboxylic acids is 1. The Morgan fingerprint density at radius 2 is 1.89 bits per heavy atom. The second kappa shape index (κ2) is 6.23. The van der Waals surface area contributed by atoms with E-state index in [1.54, 1.807) is 0 Å². The van der Waals surface area contributed by atoms with Crippen LogP contribution in [0.25, 0.3) is 0 Å². The zero-order valence-corrected chi connectivity index (χ0v) is 12.1. The molecule has 1 aromatic carbocycles. The minimum absolute atomic E-state index is 0.0801. The van der Waals surface area contributed by atoms with Gasteiger partial charge in [0.2, 0.25) is 0 Å². The first-order valence-electron chi connectivity index (χ1n) is 7.34. The van der Waals surface area contributed by atoms with Crippen LogP contribution in [0.2, 0.25) is 0 Å². The van der Waals surface area contributed by atoms with Gasteiger partial charge in [-0.15, -0.1) is 0 Å². The first kappa shape index (κ1) is 14.1. The maximum atomic E-state index is 12.2. The van der Waals surface area contributed by atoms with Crippen LogP contribution in [0.3, 0.4) is 0 Å². The van der Waals surface area contributed by atoms with Gasteiger partial charge in [-0.05, 0) is 42.7 Å². The molecule has 0 spiro atoms. The van der Waals surface area contributed by atoms with Gasteiger partial charge in [0.1, 0.15) is 6.10 Å². The van der Waals surface area contributed by atoms with E-state index in [0.717, 1.165) is 6.42 Å². The van der Waals surface area contributed by atoms with Crippen LogP contribution in [-0.4, -0.2) is 12.1 Å². The number of benzene rings is 1. The van der Waals surface area contributed by atoms with Crippen molar-refractivity contribution in [3.8, 4) is 0 Å². The molecule has 3 atom stereocenters. The Morgan fingerprint density at radius 3 is 2.53 bits per heavy atom. The molecule has 19 heavy (non-hydrogen) atoms. The lowest BCUT2D eigenvalue weighted by molar-refractivity contribution is -0.0174. The molecule has 1 fully saturated rings. The highest BCUT2D eigenvalue weighted by Gasteiger charge is 2.33. The molecular weight excluding hydrogens is 236 g/mol. The summed E-state index contributed by atoms with van der Waals surface area (Å²) in [5, 5.41) is 0. The highest BCUT2D eigenvalue weighted by Crippen LogP contribution is 2.35. The molecule has 0 saturated heterocycles. The van der Waals surface area contributed by atoms with Crippen molar-refractivity contribution in [1.82, 2.24) is 0 Å². The van der Waals surface area contributed by atoms with Gasteiger partial charge in [0.25, 0.3) is 0 Å². The van der Waals surface area contributed by atoms with Crippen LogP contribution < -0.4 is 0 Å². The molecule has 1 aliphatic carbocycles. The smallest absolute Gasteiger partial charge is 0.338 e. The molecule has 0 aromatic heterocycles. The van der Waals surface area contributed by atoms with E-state index in [4.69, 9.17) is 4.74 Å². The SMILES string of the molecule is CC(C)[C@H]1CC[C@@H](C)C[C@H]1OC(=O)c1ccccc1. The molecule has 0 amide bonds. The summed E-state index contributed by atoms with van der Waals surface area (Å²) < 4.78 is 5.78. The number of esters is 1. The average molecular weight is 260 g/mol. The summed E-state index contributed by atoms with van der Waals surface area (Å²) in [5.74, 6) is 1.55. The van der Waals surface area contributed by atoms with Crippen molar-refractivity contribution >= 4 is 5.97 Å². The fourth-order valence-corrected chi connectivity index (χ4v) is 3.03. The van der Waals surface area contributed by atoms with Crippen molar-refractivity contribution in [3.05, 3.63) is 35.9 Å². The average Bonchev–Trinajstić information content (AvgIpc) is 2.39. The monoisotopic (exact) mass is 260 g/mol. The van der Waals surface area contributed by atoms with Crippen LogP contribution in [0, 0.1) is 17.8 Å². The summed E-state index contributed by atoms with van der Waals surface area (Å²) in [7, 11) is 0. The van der Waals surface area contributed by atoms with E-state index in [9.17, 15) is 4.79 Å². The van der Waals surface area contributed by atoms with Crippen molar-refractivity contribution in [1.29, 1.82) is 0 Å². The van der Waals surface area contributed by atoms with E-state index in [-0.39, 0.29) is 12.1 Å². The number of hydrogen-bond acceptors (Lipinski definition) is 2. The standard InChI is InChI=1S/C17H24O2/c1-12(2)15-10-9-13(3)11-16(15)19-17(18)14-7-5-4-6-8-14/h4-8,12-13,15-16H,9-11H2,1-3H3/t13-,15-,16-/m1/s1. The Hall–Kier alpha value is -1.31. The molecule has 2 rings (SSSR count). The molecule has 0 bridgehead atoms. The van der Waals surface area contributed by atoms with E-state index in [0.29, 0.717) is 23.3 Å². The fourth-order valence-electron chi connectivity index (χ4n) is 3.03. The molecule has 2 heteroatoms. The van der Waals surface area contributed by atoms with Crippen molar-refractivity contribution in [3.63, 3.8) is 0 Å². The predicted octanol–water partition coefficient (Wildman–Crippen LogP) is 4.30. The van der Waals surface area contributed by atoms with E-state index in [1.165, 1.54) is 12.8 Å². The Bertz CT molecular complexity index is 411. The molecule has 1 aromatic rings. The van der Waals surface area contributed by atoms with Crippen LogP contribution in [0.1, 0.15) is 50.4 Å². The summed E-state index contributed by atoms with van der Waals surface area (Å²) in [6.45, 7) is 6.70. The second-order valence-corrected chi connectivity index (χ2v) is 6.14. The maximum Gasteiger partial charge on any atom is 0.338 e. The molecule has 1 saturated carbocycles. The maximum absolute atomic E-state index is 12.2. The zero-order chi connectivity index (χ0) is 13.8. The lowest BCUT2D eigenvalue weighted by Gasteiger charge is -2.36. The van der Waals surface area contributed by atoms with Crippen molar-refractivity contribution in [2.75, 3.05) is 0 Å². The van der Waals surface area contributed by atoms with Crippen LogP contribution in [0.15, 0.2) is 30.3 Å². The van der Waals surface area contributed by atoms with Gasteiger partial charge in [-0.1, -0.05) is 45.4 Å². The molecule has 0 heterocycles. The molecule has 0 aliphatic heterocycles. The minimum Gasteiger partial charge on any atom is -0.458 e. The van der Waals surface area contributed by atoms with Gasteiger partial charge in [-0.2, -0.15) is 0 Å². The minimum atomic E-state index is -0.176. The van der Waals surface area contributed by atoms with Crippen molar-refractivity contribution < 1.29 is 9.53 Å². The molecule has 0 radical (unpaired) electrons. The van der Waals surface area contributed by atoms with Gasteiger partial charge >= 0.3 is 5.97 Å². The third kappa shape index (κ3) is 3.59. The van der Waals surface area contributed by atoms with Crippen LogP contribution in [0.5, 0.6) is 0 Å². The van der Waals surface area contributed by atoms with Crippen molar-refractivity contribution in [2.24, 2.45) is 17.8 Å². The lowest BCUT2D eigenvalue weighted by Crippen LogP contribution is -2.35. The van der Waals surface area contributed by atoms with Gasteiger partial charge in [0.05, 0.1) is 5.56 Å². The highest BCUT2D eigenvalue weighted by atomic mass is 16.5. The first-order valence-corrected chi connectivity index (χ1v) is 7.34. The molecule has 2 nitrogen and oxygen atoms in total. The molecular formula is C17H24O2. The first-order chi connectivity index (χ1) is 9.08. The number of hydrogen-bond donors (Lipinski definition) is 0. The van der Waals surface area contributed by atoms with Gasteiger partial charge in [0.15, 0.2) is 0 Å². The molecule has 1 aliphatic rings. The zero-order valence-electron chi connectivity index (χ0n) is 12.1. The van der Waals surface area contributed by atoms with Crippen molar-refractivity contribution in [2.45, 2.75) is 46.1 Å². The summed E-state index contributed by atoms with van der Waals surface area (Å²) in [6.07, 6.45) is 3.51. The van der Waals surface area contributed by atoms with E-state index >= 15 is 0 Å². The Labute approximate surface area is 116 Å². The third-order valence-corrected chi connectivity index (χ3v) is 4.23. The van der Waals surface area contributed by atoms with Gasteiger partial charge in [0, 0.05) is 0 Å². The summed E-state index contributed by atoms with van der Waals surface area (Å²) >= 11 is 0. The van der Waals surface area contributed by atoms with E-state index in [1.807, 2.05) is 30.3 Å². The molecule has 0 N–H and O–H groups in total. The lowest BCUT2D eigenvalue weighted by atomic mass is 9.75. The summed E-state index contributed by atoms with van der Waals surface area (Å²) in [6, 6.07) is 9.30. The van der Waals surface area contributed by atoms with Gasteiger partial charge in [-0.3, -0.25) is 0 Å². The number of rotatable bonds is 3. The van der Waals surface area contributed by atoms with Crippen LogP contribution in [-0.2, 0) is 4.74 Å². The second-order valence-electron chi connectivity index (χ2n) is 6.14. The summed E-state index contributed by atoms with van der Waals surface area (Å²) in [5.41, 5.74) is 0.656. The predicted molar refractivity (Wildman–Crippen MR) is 77.0 cm³/mol. The quantitative estimate of drug-likeness (QED) is 0.757. The highest BCUT2D eigenvalue weighted by molar-refractivity contribution is 5.89. The largest absolute Gasteiger partial charge is 0.458 e. The molecule has 104 valence electrons. The Kier molecular flexibility index (Phi) is 4.62. The van der Waals surface area contributed by atoms with E-state index < -0.39 is 0 Å². The Morgan fingerprint density at radius 1 is 1.21 bits per heavy atom. The van der Waals surface area contributed by atoms with Crippen LogP contribution in [0.4, 0.5) is 0 Å². The normalized spacial score (nSPS) is 27.3.